The van der Waals surface area contributed by atoms with Gasteiger partial charge in [-0.25, -0.2) is 4.98 Å². The van der Waals surface area contributed by atoms with E-state index in [1.54, 1.807) is 0 Å². The zero-order chi connectivity index (χ0) is 19.9. The Bertz CT molecular complexity index is 1030. The zero-order valence-electron chi connectivity index (χ0n) is 17.2. The van der Waals surface area contributed by atoms with E-state index in [1.165, 1.54) is 5.56 Å². The minimum atomic E-state index is 0.107. The molecule has 5 nitrogen and oxygen atoms in total. The van der Waals surface area contributed by atoms with Crippen LogP contribution in [0.5, 0.6) is 0 Å². The first-order valence-electron chi connectivity index (χ1n) is 10.2. The van der Waals surface area contributed by atoms with Crippen LogP contribution in [0.15, 0.2) is 36.7 Å². The van der Waals surface area contributed by atoms with Gasteiger partial charge in [0.2, 0.25) is 0 Å². The number of rotatable bonds is 4. The van der Waals surface area contributed by atoms with E-state index in [4.69, 9.17) is 4.98 Å². The molecule has 3 aromatic rings. The van der Waals surface area contributed by atoms with E-state index < -0.39 is 0 Å². The SMILES string of the molecule is CCc1ccc2nc(-c3cnn(CC)c3)cc(C(=O)N3CCC(C)(C)C3)c2c1. The maximum atomic E-state index is 13.5. The molecule has 0 spiro atoms. The van der Waals surface area contributed by atoms with Crippen LogP contribution in [0.2, 0.25) is 0 Å². The average molecular weight is 377 g/mol. The van der Waals surface area contributed by atoms with E-state index in [0.717, 1.165) is 60.2 Å². The largest absolute Gasteiger partial charge is 0.338 e. The number of likely N-dealkylation sites (tertiary alicyclic amines) is 1. The van der Waals surface area contributed by atoms with Gasteiger partial charge in [0.25, 0.3) is 5.91 Å². The lowest BCUT2D eigenvalue weighted by Gasteiger charge is -2.21. The third kappa shape index (κ3) is 3.41. The lowest BCUT2D eigenvalue weighted by molar-refractivity contribution is 0.0780. The smallest absolute Gasteiger partial charge is 0.254 e. The van der Waals surface area contributed by atoms with Crippen LogP contribution < -0.4 is 0 Å². The summed E-state index contributed by atoms with van der Waals surface area (Å²) >= 11 is 0. The standard InChI is InChI=1S/C23H28N4O/c1-5-16-7-8-20-18(11-16)19(22(28)26-10-9-23(3,4)15-26)12-21(25-20)17-13-24-27(6-2)14-17/h7-8,11-14H,5-6,9-10,15H2,1-4H3. The average Bonchev–Trinajstić information content (AvgIpc) is 3.32. The monoisotopic (exact) mass is 376 g/mol. The number of hydrogen-bond acceptors (Lipinski definition) is 3. The second kappa shape index (κ2) is 7.04. The highest BCUT2D eigenvalue weighted by molar-refractivity contribution is 6.07. The molecule has 0 atom stereocenters. The van der Waals surface area contributed by atoms with Gasteiger partial charge in [0.15, 0.2) is 0 Å². The quantitative estimate of drug-likeness (QED) is 0.671. The van der Waals surface area contributed by atoms with Gasteiger partial charge >= 0.3 is 0 Å². The van der Waals surface area contributed by atoms with Crippen molar-refractivity contribution >= 4 is 16.8 Å². The second-order valence-corrected chi connectivity index (χ2v) is 8.49. The summed E-state index contributed by atoms with van der Waals surface area (Å²) in [4.78, 5) is 20.3. The summed E-state index contributed by atoms with van der Waals surface area (Å²) in [6.45, 7) is 11.1. The molecular weight excluding hydrogens is 348 g/mol. The molecule has 4 rings (SSSR count). The van der Waals surface area contributed by atoms with Gasteiger partial charge in [-0.05, 0) is 48.9 Å². The van der Waals surface area contributed by atoms with Crippen LogP contribution in [0.25, 0.3) is 22.2 Å². The van der Waals surface area contributed by atoms with Crippen LogP contribution in [0.3, 0.4) is 0 Å². The minimum absolute atomic E-state index is 0.107. The number of pyridine rings is 1. The van der Waals surface area contributed by atoms with Crippen molar-refractivity contribution in [3.63, 3.8) is 0 Å². The highest BCUT2D eigenvalue weighted by Crippen LogP contribution is 2.32. The maximum absolute atomic E-state index is 13.5. The highest BCUT2D eigenvalue weighted by Gasteiger charge is 2.33. The number of carbonyl (C=O) groups excluding carboxylic acids is 1. The summed E-state index contributed by atoms with van der Waals surface area (Å²) in [5.74, 6) is 0.107. The number of aryl methyl sites for hydroxylation is 2. The van der Waals surface area contributed by atoms with Gasteiger partial charge in [0, 0.05) is 36.8 Å². The van der Waals surface area contributed by atoms with Gasteiger partial charge in [-0.15, -0.1) is 0 Å². The first-order valence-corrected chi connectivity index (χ1v) is 10.2. The maximum Gasteiger partial charge on any atom is 0.254 e. The van der Waals surface area contributed by atoms with Crippen LogP contribution in [0.1, 0.15) is 50.0 Å². The van der Waals surface area contributed by atoms with Gasteiger partial charge in [0.05, 0.1) is 23.0 Å². The van der Waals surface area contributed by atoms with Crippen molar-refractivity contribution in [2.24, 2.45) is 5.41 Å². The molecule has 3 heterocycles. The molecule has 0 N–H and O–H groups in total. The highest BCUT2D eigenvalue weighted by atomic mass is 16.2. The van der Waals surface area contributed by atoms with Gasteiger partial charge in [-0.1, -0.05) is 26.8 Å². The fourth-order valence-electron chi connectivity index (χ4n) is 3.94. The number of hydrogen-bond donors (Lipinski definition) is 0. The Morgan fingerprint density at radius 2 is 2.04 bits per heavy atom. The molecule has 1 saturated heterocycles. The molecule has 0 bridgehead atoms. The molecule has 146 valence electrons. The van der Waals surface area contributed by atoms with Crippen molar-refractivity contribution in [1.29, 1.82) is 0 Å². The van der Waals surface area contributed by atoms with Crippen LogP contribution in [0, 0.1) is 5.41 Å². The Morgan fingerprint density at radius 3 is 2.68 bits per heavy atom. The molecule has 0 saturated carbocycles. The molecule has 2 aromatic heterocycles. The number of amides is 1. The first kappa shape index (κ1) is 18.7. The van der Waals surface area contributed by atoms with Gasteiger partial charge in [-0.3, -0.25) is 9.48 Å². The Morgan fingerprint density at radius 1 is 1.21 bits per heavy atom. The Balaban J connectivity index is 1.84. The zero-order valence-corrected chi connectivity index (χ0v) is 17.2. The summed E-state index contributed by atoms with van der Waals surface area (Å²) in [7, 11) is 0. The normalized spacial score (nSPS) is 16.1. The number of fused-ring (bicyclic) bond motifs is 1. The Kier molecular flexibility index (Phi) is 4.69. The van der Waals surface area contributed by atoms with Crippen molar-refractivity contribution in [2.45, 2.75) is 47.1 Å². The fraction of sp³-hybridized carbons (Fsp3) is 0.435. The van der Waals surface area contributed by atoms with E-state index in [1.807, 2.05) is 34.1 Å². The third-order valence-corrected chi connectivity index (χ3v) is 5.73. The van der Waals surface area contributed by atoms with Crippen molar-refractivity contribution in [1.82, 2.24) is 19.7 Å². The lowest BCUT2D eigenvalue weighted by Crippen LogP contribution is -2.30. The predicted molar refractivity (Wildman–Crippen MR) is 112 cm³/mol. The summed E-state index contributed by atoms with van der Waals surface area (Å²) in [6, 6.07) is 8.21. The van der Waals surface area contributed by atoms with Crippen LogP contribution in [-0.2, 0) is 13.0 Å². The molecule has 0 aliphatic carbocycles. The van der Waals surface area contributed by atoms with E-state index in [2.05, 4.69) is 44.9 Å². The minimum Gasteiger partial charge on any atom is -0.338 e. The summed E-state index contributed by atoms with van der Waals surface area (Å²) in [5, 5.41) is 5.32. The molecule has 1 aliphatic rings. The molecule has 1 aliphatic heterocycles. The van der Waals surface area contributed by atoms with Gasteiger partial charge < -0.3 is 4.90 Å². The van der Waals surface area contributed by atoms with Crippen LogP contribution in [-0.4, -0.2) is 38.7 Å². The molecule has 1 fully saturated rings. The Hall–Kier alpha value is -2.69. The first-order chi connectivity index (χ1) is 13.4. The summed E-state index contributed by atoms with van der Waals surface area (Å²) < 4.78 is 1.88. The van der Waals surface area contributed by atoms with E-state index >= 15 is 0 Å². The topological polar surface area (TPSA) is 51.0 Å². The number of nitrogens with zero attached hydrogens (tertiary/aromatic N) is 4. The molecule has 28 heavy (non-hydrogen) atoms. The summed E-state index contributed by atoms with van der Waals surface area (Å²) in [5.41, 5.74) is 4.75. The van der Waals surface area contributed by atoms with E-state index in [9.17, 15) is 4.79 Å². The van der Waals surface area contributed by atoms with E-state index in [0.29, 0.717) is 0 Å². The molecule has 0 unspecified atom stereocenters. The van der Waals surface area contributed by atoms with Gasteiger partial charge in [0.1, 0.15) is 0 Å². The van der Waals surface area contributed by atoms with E-state index in [-0.39, 0.29) is 11.3 Å². The van der Waals surface area contributed by atoms with Gasteiger partial charge in [-0.2, -0.15) is 5.10 Å². The van der Waals surface area contributed by atoms with Crippen molar-refractivity contribution in [3.05, 3.63) is 47.8 Å². The van der Waals surface area contributed by atoms with Crippen molar-refractivity contribution in [2.75, 3.05) is 13.1 Å². The molecule has 0 radical (unpaired) electrons. The molecular formula is C23H28N4O. The fourth-order valence-corrected chi connectivity index (χ4v) is 3.94. The number of carbonyl (C=O) groups is 1. The van der Waals surface area contributed by atoms with Crippen LogP contribution in [0.4, 0.5) is 0 Å². The Labute approximate surface area is 166 Å². The number of benzene rings is 1. The van der Waals surface area contributed by atoms with Crippen molar-refractivity contribution in [3.8, 4) is 11.3 Å². The summed E-state index contributed by atoms with van der Waals surface area (Å²) in [6.07, 6.45) is 5.79. The third-order valence-electron chi connectivity index (χ3n) is 5.73. The number of aromatic nitrogens is 3. The predicted octanol–water partition coefficient (Wildman–Crippen LogP) is 4.55. The van der Waals surface area contributed by atoms with Crippen LogP contribution >= 0.6 is 0 Å². The molecule has 1 amide bonds. The molecule has 5 heteroatoms. The molecule has 1 aromatic carbocycles. The second-order valence-electron chi connectivity index (χ2n) is 8.49. The van der Waals surface area contributed by atoms with Crippen molar-refractivity contribution < 1.29 is 4.79 Å². The lowest BCUT2D eigenvalue weighted by atomic mass is 9.93.